The molecule has 9 nitrogen and oxygen atoms in total. The maximum Gasteiger partial charge on any atom is 0.292 e. The van der Waals surface area contributed by atoms with Gasteiger partial charge in [0.2, 0.25) is 17.7 Å². The van der Waals surface area contributed by atoms with E-state index < -0.39 is 5.91 Å². The van der Waals surface area contributed by atoms with Crippen LogP contribution in [-0.4, -0.2) is 52.9 Å². The minimum atomic E-state index is -0.453. The van der Waals surface area contributed by atoms with Crippen LogP contribution in [-0.2, 0) is 16.1 Å². The summed E-state index contributed by atoms with van der Waals surface area (Å²) in [4.78, 5) is 40.5. The summed E-state index contributed by atoms with van der Waals surface area (Å²) in [6, 6.07) is 0. The van der Waals surface area contributed by atoms with Crippen LogP contribution in [0.1, 0.15) is 48.6 Å². The van der Waals surface area contributed by atoms with Gasteiger partial charge in [-0.1, -0.05) is 11.6 Å². The van der Waals surface area contributed by atoms with Gasteiger partial charge in [0.25, 0.3) is 11.7 Å². The highest BCUT2D eigenvalue weighted by Crippen LogP contribution is 2.11. The standard InChI is InChI=1S/C14H21N5O4/c1-15-14(22)13-17-11(23-18-13)9-16-10(20)6-8-19-7-4-2-3-5-12(19)21/h2-9H2,1H3,(H,15,22)(H,16,20). The van der Waals surface area contributed by atoms with Crippen LogP contribution < -0.4 is 10.6 Å². The SMILES string of the molecule is CNC(=O)c1noc(CNC(=O)CCN2CCCCCC2=O)n1. The van der Waals surface area contributed by atoms with Crippen LogP contribution in [0, 0.1) is 0 Å². The highest BCUT2D eigenvalue weighted by molar-refractivity contribution is 5.89. The molecule has 0 unspecified atom stereocenters. The van der Waals surface area contributed by atoms with Gasteiger partial charge in [0.05, 0.1) is 6.54 Å². The first-order chi connectivity index (χ1) is 11.1. The molecule has 2 heterocycles. The molecule has 0 saturated carbocycles. The van der Waals surface area contributed by atoms with E-state index in [0.717, 1.165) is 19.3 Å². The largest absolute Gasteiger partial charge is 0.352 e. The minimum Gasteiger partial charge on any atom is -0.352 e. The number of hydrogen-bond acceptors (Lipinski definition) is 6. The number of aromatic nitrogens is 2. The lowest BCUT2D eigenvalue weighted by atomic mass is 10.2. The van der Waals surface area contributed by atoms with Crippen LogP contribution in [0.15, 0.2) is 4.52 Å². The summed E-state index contributed by atoms with van der Waals surface area (Å²) < 4.78 is 4.86. The Labute approximate surface area is 133 Å². The summed E-state index contributed by atoms with van der Waals surface area (Å²) in [6.45, 7) is 1.18. The van der Waals surface area contributed by atoms with Crippen LogP contribution in [0.2, 0.25) is 0 Å². The van der Waals surface area contributed by atoms with Crippen molar-refractivity contribution in [3.05, 3.63) is 11.7 Å². The van der Waals surface area contributed by atoms with E-state index in [1.165, 1.54) is 7.05 Å². The molecule has 0 radical (unpaired) electrons. The fraction of sp³-hybridized carbons (Fsp3) is 0.643. The molecule has 0 atom stereocenters. The second-order valence-electron chi connectivity index (χ2n) is 5.31. The van der Waals surface area contributed by atoms with Crippen molar-refractivity contribution in [2.75, 3.05) is 20.1 Å². The van der Waals surface area contributed by atoms with Crippen molar-refractivity contribution in [2.24, 2.45) is 0 Å². The molecule has 1 fully saturated rings. The lowest BCUT2D eigenvalue weighted by Crippen LogP contribution is -2.34. The number of carbonyl (C=O) groups excluding carboxylic acids is 3. The van der Waals surface area contributed by atoms with Crippen molar-refractivity contribution >= 4 is 17.7 Å². The molecule has 1 aromatic rings. The highest BCUT2D eigenvalue weighted by Gasteiger charge is 2.18. The number of likely N-dealkylation sites (tertiary alicyclic amines) is 1. The second-order valence-corrected chi connectivity index (χ2v) is 5.31. The predicted molar refractivity (Wildman–Crippen MR) is 79.2 cm³/mol. The smallest absolute Gasteiger partial charge is 0.292 e. The van der Waals surface area contributed by atoms with E-state index in [1.54, 1.807) is 4.90 Å². The molecular formula is C14H21N5O4. The molecule has 0 aromatic carbocycles. The summed E-state index contributed by atoms with van der Waals surface area (Å²) in [5, 5.41) is 8.51. The Bertz CT molecular complexity index is 571. The molecule has 1 aromatic heterocycles. The summed E-state index contributed by atoms with van der Waals surface area (Å²) in [5.41, 5.74) is 0. The van der Waals surface area contributed by atoms with Gasteiger partial charge in [-0.25, -0.2) is 0 Å². The van der Waals surface area contributed by atoms with Crippen LogP contribution >= 0.6 is 0 Å². The molecule has 1 aliphatic rings. The van der Waals surface area contributed by atoms with Gasteiger partial charge < -0.3 is 20.1 Å². The summed E-state index contributed by atoms with van der Waals surface area (Å²) >= 11 is 0. The van der Waals surface area contributed by atoms with E-state index in [0.29, 0.717) is 19.5 Å². The third-order valence-corrected chi connectivity index (χ3v) is 3.62. The Balaban J connectivity index is 1.73. The van der Waals surface area contributed by atoms with Crippen LogP contribution in [0.4, 0.5) is 0 Å². The lowest BCUT2D eigenvalue weighted by molar-refractivity contribution is -0.131. The van der Waals surface area contributed by atoms with E-state index >= 15 is 0 Å². The van der Waals surface area contributed by atoms with Gasteiger partial charge in [-0.15, -0.1) is 0 Å². The first-order valence-corrected chi connectivity index (χ1v) is 7.69. The molecule has 1 aliphatic heterocycles. The second kappa shape index (κ2) is 8.25. The maximum atomic E-state index is 11.8. The fourth-order valence-corrected chi connectivity index (χ4v) is 2.30. The van der Waals surface area contributed by atoms with Crippen LogP contribution in [0.3, 0.4) is 0 Å². The lowest BCUT2D eigenvalue weighted by Gasteiger charge is -2.19. The molecule has 0 bridgehead atoms. The highest BCUT2D eigenvalue weighted by atomic mass is 16.5. The molecule has 9 heteroatoms. The predicted octanol–water partition coefficient (Wildman–Crippen LogP) is -0.162. The normalized spacial score (nSPS) is 15.2. The third-order valence-electron chi connectivity index (χ3n) is 3.62. The third kappa shape index (κ3) is 5.04. The molecule has 0 aliphatic carbocycles. The Morgan fingerprint density at radius 3 is 2.91 bits per heavy atom. The molecule has 3 amide bonds. The summed E-state index contributed by atoms with van der Waals surface area (Å²) in [7, 11) is 1.46. The van der Waals surface area contributed by atoms with Crippen molar-refractivity contribution in [1.82, 2.24) is 25.7 Å². The zero-order valence-corrected chi connectivity index (χ0v) is 13.1. The molecular weight excluding hydrogens is 302 g/mol. The quantitative estimate of drug-likeness (QED) is 0.751. The fourth-order valence-electron chi connectivity index (χ4n) is 2.30. The topological polar surface area (TPSA) is 117 Å². The molecule has 23 heavy (non-hydrogen) atoms. The van der Waals surface area contributed by atoms with Crippen LogP contribution in [0.25, 0.3) is 0 Å². The van der Waals surface area contributed by atoms with E-state index in [1.807, 2.05) is 0 Å². The van der Waals surface area contributed by atoms with E-state index in [2.05, 4.69) is 20.8 Å². The zero-order chi connectivity index (χ0) is 16.7. The minimum absolute atomic E-state index is 0.0524. The Hall–Kier alpha value is -2.45. The molecule has 2 rings (SSSR count). The van der Waals surface area contributed by atoms with Gasteiger partial charge in [0.15, 0.2) is 0 Å². The average molecular weight is 323 g/mol. The summed E-state index contributed by atoms with van der Waals surface area (Å²) in [6.07, 6.45) is 3.75. The number of hydrogen-bond donors (Lipinski definition) is 2. The Morgan fingerprint density at radius 2 is 2.13 bits per heavy atom. The van der Waals surface area contributed by atoms with E-state index in [4.69, 9.17) is 4.52 Å². The number of nitrogens with zero attached hydrogens (tertiary/aromatic N) is 3. The summed E-state index contributed by atoms with van der Waals surface area (Å²) in [5.74, 6) is -0.468. The van der Waals surface area contributed by atoms with Gasteiger partial charge in [-0.2, -0.15) is 4.98 Å². The number of carbonyl (C=O) groups is 3. The van der Waals surface area contributed by atoms with Gasteiger partial charge in [0, 0.05) is 33.0 Å². The number of amides is 3. The molecule has 1 saturated heterocycles. The number of rotatable bonds is 6. The maximum absolute atomic E-state index is 11.8. The van der Waals surface area contributed by atoms with Crippen molar-refractivity contribution in [3.8, 4) is 0 Å². The van der Waals surface area contributed by atoms with Gasteiger partial charge in [-0.3, -0.25) is 14.4 Å². The molecule has 0 spiro atoms. The molecule has 126 valence electrons. The molecule has 2 N–H and O–H groups in total. The van der Waals surface area contributed by atoms with Crippen LogP contribution in [0.5, 0.6) is 0 Å². The zero-order valence-electron chi connectivity index (χ0n) is 13.1. The van der Waals surface area contributed by atoms with E-state index in [-0.39, 0.29) is 36.5 Å². The first-order valence-electron chi connectivity index (χ1n) is 7.69. The van der Waals surface area contributed by atoms with Crippen molar-refractivity contribution in [3.63, 3.8) is 0 Å². The van der Waals surface area contributed by atoms with Gasteiger partial charge in [-0.05, 0) is 12.8 Å². The first kappa shape index (κ1) is 16.9. The van der Waals surface area contributed by atoms with Gasteiger partial charge >= 0.3 is 0 Å². The monoisotopic (exact) mass is 323 g/mol. The van der Waals surface area contributed by atoms with E-state index in [9.17, 15) is 14.4 Å². The van der Waals surface area contributed by atoms with Crippen molar-refractivity contribution in [2.45, 2.75) is 38.6 Å². The Kier molecular flexibility index (Phi) is 6.07. The van der Waals surface area contributed by atoms with Crippen molar-refractivity contribution < 1.29 is 18.9 Å². The van der Waals surface area contributed by atoms with Crippen molar-refractivity contribution in [1.29, 1.82) is 0 Å². The number of nitrogens with one attached hydrogen (secondary N) is 2. The Morgan fingerprint density at radius 1 is 1.30 bits per heavy atom. The average Bonchev–Trinajstić information content (AvgIpc) is 2.93. The van der Waals surface area contributed by atoms with Gasteiger partial charge in [0.1, 0.15) is 0 Å².